The SMILES string of the molecule is CC(=O)OC1CCC2CC(CN3CC(CC4CC[NH2+]C(N)C4)(CCNC(N)=[NH+]CSSCCCCCCC(O)C1)CC3=O)C(O)C1OCCCC21. The van der Waals surface area contributed by atoms with Crippen LogP contribution in [0.4, 0.5) is 0 Å². The van der Waals surface area contributed by atoms with Crippen molar-refractivity contribution >= 4 is 39.4 Å². The molecule has 4 heterocycles. The quantitative estimate of drug-likeness (QED) is 0.159. The van der Waals surface area contributed by atoms with E-state index in [2.05, 4.69) is 15.6 Å². The molecule has 0 spiro atoms. The van der Waals surface area contributed by atoms with Gasteiger partial charge < -0.3 is 29.9 Å². The Morgan fingerprint density at radius 2 is 1.92 bits per heavy atom. The van der Waals surface area contributed by atoms with E-state index in [-0.39, 0.29) is 53.4 Å². The highest BCUT2D eigenvalue weighted by atomic mass is 33.1. The van der Waals surface area contributed by atoms with Gasteiger partial charge in [-0.2, -0.15) is 0 Å². The van der Waals surface area contributed by atoms with Gasteiger partial charge in [-0.25, -0.2) is 0 Å². The number of fused-ring (bicyclic) bond motifs is 6. The van der Waals surface area contributed by atoms with Crippen LogP contribution in [0.5, 0.6) is 0 Å². The lowest BCUT2D eigenvalue weighted by Gasteiger charge is -2.48. The highest BCUT2D eigenvalue weighted by Gasteiger charge is 2.50. The fraction of sp³-hybridized carbons (Fsp3) is 0.919. The number of carbonyl (C=O) groups excluding carboxylic acids is 2. The van der Waals surface area contributed by atoms with Crippen molar-refractivity contribution in [3.63, 3.8) is 0 Å². The molecule has 10 N–H and O–H groups in total. The zero-order valence-electron chi connectivity index (χ0n) is 31.0. The van der Waals surface area contributed by atoms with Gasteiger partial charge in [0.2, 0.25) is 5.91 Å². The molecule has 4 aliphatic heterocycles. The van der Waals surface area contributed by atoms with Crippen LogP contribution in [0.15, 0.2) is 0 Å². The van der Waals surface area contributed by atoms with Crippen LogP contribution in [-0.2, 0) is 19.1 Å². The zero-order chi connectivity index (χ0) is 36.2. The first kappa shape index (κ1) is 40.9. The predicted molar refractivity (Wildman–Crippen MR) is 202 cm³/mol. The number of amides is 1. The number of nitrogens with one attached hydrogen (secondary N) is 2. The standard InChI is InChI=1S/C37H66N6O6S2/c1-25(44)49-30-10-9-27-18-28(34(47)35-31(27)8-6-15-48-35)22-43-23-37(21-33(43)46,20-26-11-13-40-32(38)17-26)12-14-41-36(39)42-24-51-50-16-5-3-2-4-7-29(45)19-30/h26-32,34-35,40,45,47H,2-24,38H2,1H3,(H3,39,41,42)/p+2. The van der Waals surface area contributed by atoms with Crippen LogP contribution in [-0.4, -0.2) is 108 Å². The van der Waals surface area contributed by atoms with E-state index in [1.807, 2.05) is 15.7 Å². The van der Waals surface area contributed by atoms with E-state index >= 15 is 0 Å². The number of nitrogens with two attached hydrogens (primary N) is 3. The van der Waals surface area contributed by atoms with Crippen LogP contribution < -0.4 is 27.1 Å². The third-order valence-electron chi connectivity index (χ3n) is 12.3. The summed E-state index contributed by atoms with van der Waals surface area (Å²) >= 11 is 0. The van der Waals surface area contributed by atoms with Crippen LogP contribution in [0.3, 0.4) is 0 Å². The van der Waals surface area contributed by atoms with Crippen molar-refractivity contribution in [1.29, 1.82) is 0 Å². The number of hydrogen-bond acceptors (Lipinski definition) is 11. The van der Waals surface area contributed by atoms with Crippen molar-refractivity contribution in [2.45, 2.75) is 140 Å². The molecule has 5 rings (SSSR count). The fourth-order valence-corrected chi connectivity index (χ4v) is 11.7. The third-order valence-corrected chi connectivity index (χ3v) is 14.5. The van der Waals surface area contributed by atoms with Gasteiger partial charge in [0.1, 0.15) is 18.1 Å². The first-order chi connectivity index (χ1) is 24.6. The molecule has 5 aliphatic rings. The molecule has 3 saturated heterocycles. The van der Waals surface area contributed by atoms with E-state index < -0.39 is 12.2 Å². The summed E-state index contributed by atoms with van der Waals surface area (Å²) < 4.78 is 12.0. The summed E-state index contributed by atoms with van der Waals surface area (Å²) in [4.78, 5) is 31.3. The molecule has 4 bridgehead atoms. The lowest BCUT2D eigenvalue weighted by Crippen LogP contribution is -2.94. The first-order valence-electron chi connectivity index (χ1n) is 20.0. The van der Waals surface area contributed by atoms with Gasteiger partial charge in [0.15, 0.2) is 0 Å². The van der Waals surface area contributed by atoms with E-state index in [0.29, 0.717) is 69.7 Å². The number of carbonyl (C=O) groups is 2. The summed E-state index contributed by atoms with van der Waals surface area (Å²) in [6, 6.07) is 0. The van der Waals surface area contributed by atoms with Gasteiger partial charge in [-0.3, -0.25) is 31.4 Å². The summed E-state index contributed by atoms with van der Waals surface area (Å²) in [6.45, 7) is 5.00. The molecule has 1 amide bonds. The lowest BCUT2D eigenvalue weighted by molar-refractivity contribution is -0.699. The van der Waals surface area contributed by atoms with E-state index in [4.69, 9.17) is 20.9 Å². The van der Waals surface area contributed by atoms with E-state index in [1.165, 1.54) is 6.92 Å². The molecule has 12 nitrogen and oxygen atoms in total. The number of rotatable bonds is 3. The predicted octanol–water partition coefficient (Wildman–Crippen LogP) is 0.787. The molecule has 0 aromatic rings. The van der Waals surface area contributed by atoms with E-state index in [1.54, 1.807) is 10.8 Å². The summed E-state index contributed by atoms with van der Waals surface area (Å²) in [6.07, 6.45) is 12.5. The number of hydrogen-bond donors (Lipinski definition) is 7. The van der Waals surface area contributed by atoms with Gasteiger partial charge in [0.05, 0.1) is 31.4 Å². The number of ether oxygens (including phenoxy) is 2. The number of piperidine rings is 1. The maximum atomic E-state index is 13.9. The normalized spacial score (nSPS) is 38.9. The second-order valence-corrected chi connectivity index (χ2v) is 19.0. The van der Waals surface area contributed by atoms with Crippen LogP contribution >= 0.6 is 21.6 Å². The minimum absolute atomic E-state index is 0.0928. The van der Waals surface area contributed by atoms with E-state index in [0.717, 1.165) is 89.3 Å². The Balaban J connectivity index is 1.32. The zero-order valence-corrected chi connectivity index (χ0v) is 32.6. The molecule has 1 aliphatic carbocycles. The highest BCUT2D eigenvalue weighted by molar-refractivity contribution is 8.76. The molecule has 292 valence electrons. The van der Waals surface area contributed by atoms with Crippen LogP contribution in [0.2, 0.25) is 0 Å². The molecule has 51 heavy (non-hydrogen) atoms. The molecule has 4 fully saturated rings. The Morgan fingerprint density at radius 1 is 1.08 bits per heavy atom. The largest absolute Gasteiger partial charge is 0.462 e. The van der Waals surface area contributed by atoms with Gasteiger partial charge in [0, 0.05) is 57.6 Å². The van der Waals surface area contributed by atoms with Crippen molar-refractivity contribution < 1.29 is 39.6 Å². The summed E-state index contributed by atoms with van der Waals surface area (Å²) in [5.41, 5.74) is 12.5. The second-order valence-electron chi connectivity index (χ2n) is 16.4. The number of nitrogens with zero attached hydrogens (tertiary/aromatic N) is 1. The molecular weight excluding hydrogens is 689 g/mol. The minimum atomic E-state index is -0.627. The monoisotopic (exact) mass is 756 g/mol. The van der Waals surface area contributed by atoms with Crippen molar-refractivity contribution in [3.8, 4) is 0 Å². The van der Waals surface area contributed by atoms with Crippen molar-refractivity contribution in [3.05, 3.63) is 0 Å². The maximum Gasteiger partial charge on any atom is 0.341 e. The van der Waals surface area contributed by atoms with Crippen LogP contribution in [0, 0.1) is 29.1 Å². The second kappa shape index (κ2) is 20.4. The van der Waals surface area contributed by atoms with Gasteiger partial charge in [-0.15, -0.1) is 0 Å². The Labute approximate surface area is 313 Å². The van der Waals surface area contributed by atoms with Gasteiger partial charge >= 0.3 is 11.9 Å². The maximum absolute atomic E-state index is 13.9. The number of guanidine groups is 1. The highest BCUT2D eigenvalue weighted by Crippen LogP contribution is 2.46. The van der Waals surface area contributed by atoms with Crippen LogP contribution in [0.25, 0.3) is 0 Å². The molecule has 10 unspecified atom stereocenters. The number of esters is 1. The molecule has 10 atom stereocenters. The number of aliphatic hydroxyl groups excluding tert-OH is 2. The molecule has 0 aromatic carbocycles. The first-order valence-corrected chi connectivity index (χ1v) is 22.5. The fourth-order valence-electron chi connectivity index (χ4n) is 9.86. The molecule has 1 saturated carbocycles. The Morgan fingerprint density at radius 3 is 2.75 bits per heavy atom. The molecule has 0 radical (unpaired) electrons. The van der Waals surface area contributed by atoms with E-state index in [9.17, 15) is 19.8 Å². The van der Waals surface area contributed by atoms with Gasteiger partial charge in [-0.05, 0) is 87.4 Å². The van der Waals surface area contributed by atoms with Crippen molar-refractivity contribution in [1.82, 2.24) is 10.2 Å². The Bertz CT molecular complexity index is 1140. The summed E-state index contributed by atoms with van der Waals surface area (Å²) in [5.74, 6) is 3.12. The molecule has 14 heteroatoms. The molecule has 0 aromatic heterocycles. The van der Waals surface area contributed by atoms with Gasteiger partial charge in [0.25, 0.3) is 0 Å². The average molecular weight is 757 g/mol. The third kappa shape index (κ3) is 12.6. The topological polar surface area (TPSA) is 191 Å². The van der Waals surface area contributed by atoms with Crippen molar-refractivity contribution in [2.75, 3.05) is 44.4 Å². The average Bonchev–Trinajstić information content (AvgIpc) is 3.39. The van der Waals surface area contributed by atoms with Gasteiger partial charge in [-0.1, -0.05) is 40.9 Å². The number of quaternary nitrogens is 1. The van der Waals surface area contributed by atoms with Crippen molar-refractivity contribution in [2.24, 2.45) is 40.6 Å². The molecular formula is C37H68N6O6S2+2. The Hall–Kier alpha value is -1.29. The smallest absolute Gasteiger partial charge is 0.341 e. The summed E-state index contributed by atoms with van der Waals surface area (Å²) in [7, 11) is 3.61. The number of aliphatic hydroxyl groups is 2. The summed E-state index contributed by atoms with van der Waals surface area (Å²) in [5, 5.41) is 28.3. The Kier molecular flexibility index (Phi) is 16.4. The minimum Gasteiger partial charge on any atom is -0.462 e. The lowest BCUT2D eigenvalue weighted by atomic mass is 9.66. The van der Waals surface area contributed by atoms with Crippen LogP contribution in [0.1, 0.15) is 110 Å².